The van der Waals surface area contributed by atoms with Crippen LogP contribution in [0.25, 0.3) is 0 Å². The minimum atomic E-state index is -0.473. The summed E-state index contributed by atoms with van der Waals surface area (Å²) >= 11 is 0. The summed E-state index contributed by atoms with van der Waals surface area (Å²) in [5, 5.41) is 2.85. The lowest BCUT2D eigenvalue weighted by Gasteiger charge is -2.19. The summed E-state index contributed by atoms with van der Waals surface area (Å²) < 4.78 is 19.0. The monoisotopic (exact) mass is 251 g/mol. The molecule has 0 heterocycles. The van der Waals surface area contributed by atoms with Crippen LogP contribution in [-0.4, -0.2) is 25.2 Å². The van der Waals surface area contributed by atoms with Gasteiger partial charge in [-0.2, -0.15) is 0 Å². The minimum Gasteiger partial charge on any atom is -0.379 e. The molecule has 3 nitrogen and oxygen atoms in total. The standard InChI is InChI=1S/C14H18FNO2/c1-9-6-7-10(11(15)8-9)14(17)16-12-4-3-5-13(12)18-2/h6-8,12-13H,3-5H2,1-2H3,(H,16,17). The molecule has 0 bridgehead atoms. The maximum absolute atomic E-state index is 13.7. The van der Waals surface area contributed by atoms with Gasteiger partial charge in [-0.1, -0.05) is 6.07 Å². The summed E-state index contributed by atoms with van der Waals surface area (Å²) in [7, 11) is 1.64. The van der Waals surface area contributed by atoms with E-state index in [1.54, 1.807) is 20.1 Å². The first-order valence-electron chi connectivity index (χ1n) is 6.21. The summed E-state index contributed by atoms with van der Waals surface area (Å²) in [5.41, 5.74) is 0.905. The topological polar surface area (TPSA) is 38.3 Å². The first-order valence-corrected chi connectivity index (χ1v) is 6.21. The summed E-state index contributed by atoms with van der Waals surface area (Å²) in [5.74, 6) is -0.832. The average Bonchev–Trinajstić information content (AvgIpc) is 2.76. The third-order valence-corrected chi connectivity index (χ3v) is 3.44. The molecule has 1 aliphatic rings. The van der Waals surface area contributed by atoms with E-state index in [0.29, 0.717) is 0 Å². The molecule has 1 aliphatic carbocycles. The number of amides is 1. The average molecular weight is 251 g/mol. The number of methoxy groups -OCH3 is 1. The number of nitrogens with one attached hydrogen (secondary N) is 1. The zero-order valence-corrected chi connectivity index (χ0v) is 10.7. The Balaban J connectivity index is 2.07. The van der Waals surface area contributed by atoms with Crippen molar-refractivity contribution < 1.29 is 13.9 Å². The summed E-state index contributed by atoms with van der Waals surface area (Å²) in [6.45, 7) is 1.79. The Labute approximate surface area is 106 Å². The molecule has 4 heteroatoms. The van der Waals surface area contributed by atoms with Gasteiger partial charge in [0.05, 0.1) is 17.7 Å². The quantitative estimate of drug-likeness (QED) is 0.896. The molecule has 0 aliphatic heterocycles. The van der Waals surface area contributed by atoms with Crippen molar-refractivity contribution in [2.45, 2.75) is 38.3 Å². The van der Waals surface area contributed by atoms with Crippen LogP contribution in [0.2, 0.25) is 0 Å². The molecule has 0 aromatic heterocycles. The highest BCUT2D eigenvalue weighted by Gasteiger charge is 2.29. The van der Waals surface area contributed by atoms with Gasteiger partial charge >= 0.3 is 0 Å². The van der Waals surface area contributed by atoms with Crippen LogP contribution in [-0.2, 0) is 4.74 Å². The SMILES string of the molecule is COC1CCCC1NC(=O)c1ccc(C)cc1F. The second-order valence-electron chi connectivity index (χ2n) is 4.77. The van der Waals surface area contributed by atoms with Crippen molar-refractivity contribution in [2.75, 3.05) is 7.11 Å². The lowest BCUT2D eigenvalue weighted by Crippen LogP contribution is -2.41. The van der Waals surface area contributed by atoms with Crippen LogP contribution < -0.4 is 5.32 Å². The predicted octanol–water partition coefficient (Wildman–Crippen LogP) is 2.43. The molecule has 1 saturated carbocycles. The van der Waals surface area contributed by atoms with Gasteiger partial charge in [0, 0.05) is 7.11 Å². The molecule has 1 amide bonds. The van der Waals surface area contributed by atoms with Gasteiger partial charge in [-0.3, -0.25) is 4.79 Å². The van der Waals surface area contributed by atoms with Crippen LogP contribution in [0.1, 0.15) is 35.2 Å². The number of ether oxygens (including phenoxy) is 1. The molecule has 18 heavy (non-hydrogen) atoms. The van der Waals surface area contributed by atoms with Crippen molar-refractivity contribution >= 4 is 5.91 Å². The maximum atomic E-state index is 13.7. The van der Waals surface area contributed by atoms with Gasteiger partial charge in [-0.25, -0.2) is 4.39 Å². The van der Waals surface area contributed by atoms with Crippen molar-refractivity contribution in [3.05, 3.63) is 35.1 Å². The van der Waals surface area contributed by atoms with Crippen LogP contribution in [0, 0.1) is 12.7 Å². The fraction of sp³-hybridized carbons (Fsp3) is 0.500. The largest absolute Gasteiger partial charge is 0.379 e. The maximum Gasteiger partial charge on any atom is 0.254 e. The van der Waals surface area contributed by atoms with Gasteiger partial charge in [-0.05, 0) is 43.9 Å². The molecule has 0 radical (unpaired) electrons. The van der Waals surface area contributed by atoms with Crippen molar-refractivity contribution in [3.63, 3.8) is 0 Å². The van der Waals surface area contributed by atoms with Gasteiger partial charge in [0.2, 0.25) is 0 Å². The number of carbonyl (C=O) groups is 1. The fourth-order valence-corrected chi connectivity index (χ4v) is 2.42. The van der Waals surface area contributed by atoms with E-state index in [2.05, 4.69) is 5.32 Å². The molecule has 0 saturated heterocycles. The third kappa shape index (κ3) is 2.70. The summed E-state index contributed by atoms with van der Waals surface area (Å²) in [4.78, 5) is 12.0. The number of aryl methyl sites for hydroxylation is 1. The molecule has 98 valence electrons. The second-order valence-corrected chi connectivity index (χ2v) is 4.77. The summed E-state index contributed by atoms with van der Waals surface area (Å²) in [6.07, 6.45) is 2.90. The van der Waals surface area contributed by atoms with Crippen molar-refractivity contribution in [3.8, 4) is 0 Å². The highest BCUT2D eigenvalue weighted by molar-refractivity contribution is 5.94. The molecule has 2 rings (SSSR count). The normalized spacial score (nSPS) is 23.1. The van der Waals surface area contributed by atoms with Crippen LogP contribution in [0.15, 0.2) is 18.2 Å². The number of rotatable bonds is 3. The molecule has 1 aromatic rings. The van der Waals surface area contributed by atoms with E-state index in [4.69, 9.17) is 4.74 Å². The number of hydrogen-bond acceptors (Lipinski definition) is 2. The van der Waals surface area contributed by atoms with Gasteiger partial charge in [0.1, 0.15) is 5.82 Å². The molecule has 1 fully saturated rings. The molecule has 2 unspecified atom stereocenters. The van der Waals surface area contributed by atoms with Gasteiger partial charge < -0.3 is 10.1 Å². The van der Waals surface area contributed by atoms with Gasteiger partial charge in [0.25, 0.3) is 5.91 Å². The van der Waals surface area contributed by atoms with Crippen molar-refractivity contribution in [1.82, 2.24) is 5.32 Å². The molecular weight excluding hydrogens is 233 g/mol. The first kappa shape index (κ1) is 13.0. The Kier molecular flexibility index (Phi) is 3.97. The van der Waals surface area contributed by atoms with Crippen LogP contribution in [0.4, 0.5) is 4.39 Å². The van der Waals surface area contributed by atoms with Crippen molar-refractivity contribution in [2.24, 2.45) is 0 Å². The molecule has 1 N–H and O–H groups in total. The Hall–Kier alpha value is -1.42. The zero-order valence-electron chi connectivity index (χ0n) is 10.7. The zero-order chi connectivity index (χ0) is 13.1. The van der Waals surface area contributed by atoms with E-state index in [1.807, 2.05) is 0 Å². The molecular formula is C14H18FNO2. The number of hydrogen-bond donors (Lipinski definition) is 1. The van der Waals surface area contributed by atoms with E-state index in [9.17, 15) is 9.18 Å². The lowest BCUT2D eigenvalue weighted by molar-refractivity contribution is 0.0720. The van der Waals surface area contributed by atoms with Crippen LogP contribution in [0.5, 0.6) is 0 Å². The first-order chi connectivity index (χ1) is 8.61. The van der Waals surface area contributed by atoms with Crippen molar-refractivity contribution in [1.29, 1.82) is 0 Å². The van der Waals surface area contributed by atoms with Gasteiger partial charge in [-0.15, -0.1) is 0 Å². The Morgan fingerprint density at radius 3 is 2.89 bits per heavy atom. The number of carbonyl (C=O) groups excluding carboxylic acids is 1. The van der Waals surface area contributed by atoms with E-state index in [0.717, 1.165) is 24.8 Å². The third-order valence-electron chi connectivity index (χ3n) is 3.44. The smallest absolute Gasteiger partial charge is 0.254 e. The Morgan fingerprint density at radius 2 is 2.22 bits per heavy atom. The predicted molar refractivity (Wildman–Crippen MR) is 67.0 cm³/mol. The van der Waals surface area contributed by atoms with E-state index >= 15 is 0 Å². The van der Waals surface area contributed by atoms with Crippen LogP contribution >= 0.6 is 0 Å². The minimum absolute atomic E-state index is 0.0109. The molecule has 1 aromatic carbocycles. The molecule has 2 atom stereocenters. The van der Waals surface area contributed by atoms with E-state index in [-0.39, 0.29) is 23.6 Å². The molecule has 0 spiro atoms. The van der Waals surface area contributed by atoms with Crippen LogP contribution in [0.3, 0.4) is 0 Å². The van der Waals surface area contributed by atoms with E-state index < -0.39 is 5.82 Å². The van der Waals surface area contributed by atoms with Gasteiger partial charge in [0.15, 0.2) is 0 Å². The fourth-order valence-electron chi connectivity index (χ4n) is 2.42. The Bertz CT molecular complexity index is 447. The number of benzene rings is 1. The second kappa shape index (κ2) is 5.48. The Morgan fingerprint density at radius 1 is 1.44 bits per heavy atom. The van der Waals surface area contributed by atoms with E-state index in [1.165, 1.54) is 12.1 Å². The lowest BCUT2D eigenvalue weighted by atomic mass is 10.1. The highest BCUT2D eigenvalue weighted by Crippen LogP contribution is 2.22. The summed E-state index contributed by atoms with van der Waals surface area (Å²) in [6, 6.07) is 4.62. The highest BCUT2D eigenvalue weighted by atomic mass is 19.1. The number of halogens is 1.